The molecule has 7 nitrogen and oxygen atoms in total. The molecule has 3 aromatic rings. The Bertz CT molecular complexity index is 1110. The van der Waals surface area contributed by atoms with E-state index in [1.54, 1.807) is 6.07 Å². The molecule has 7 heteroatoms. The lowest BCUT2D eigenvalue weighted by Crippen LogP contribution is -2.45. The van der Waals surface area contributed by atoms with Crippen molar-refractivity contribution in [2.24, 2.45) is 13.0 Å². The van der Waals surface area contributed by atoms with Crippen LogP contribution in [0.3, 0.4) is 0 Å². The summed E-state index contributed by atoms with van der Waals surface area (Å²) in [6.07, 6.45) is 4.29. The zero-order chi connectivity index (χ0) is 21.4. The van der Waals surface area contributed by atoms with Gasteiger partial charge in [0.2, 0.25) is 5.91 Å². The number of benzene rings is 1. The minimum atomic E-state index is -0.0502. The van der Waals surface area contributed by atoms with E-state index in [0.717, 1.165) is 24.4 Å². The topological polar surface area (TPSA) is 74.2 Å². The van der Waals surface area contributed by atoms with Gasteiger partial charge in [0, 0.05) is 45.3 Å². The molecule has 1 saturated heterocycles. The number of amides is 2. The van der Waals surface area contributed by atoms with Gasteiger partial charge in [-0.05, 0) is 48.6 Å². The molecule has 0 bridgehead atoms. The van der Waals surface area contributed by atoms with E-state index in [-0.39, 0.29) is 17.7 Å². The number of hydrogen-bond acceptors (Lipinski definition) is 3. The molecule has 0 unspecified atom stereocenters. The highest BCUT2D eigenvalue weighted by Gasteiger charge is 2.32. The van der Waals surface area contributed by atoms with Gasteiger partial charge in [-0.1, -0.05) is 24.3 Å². The summed E-state index contributed by atoms with van der Waals surface area (Å²) in [7, 11) is 1.95. The predicted molar refractivity (Wildman–Crippen MR) is 117 cm³/mol. The number of likely N-dealkylation sites (tertiary alicyclic amines) is 1. The number of piperidine rings is 1. The van der Waals surface area contributed by atoms with Crippen molar-refractivity contribution in [2.75, 3.05) is 19.6 Å². The summed E-state index contributed by atoms with van der Waals surface area (Å²) in [5.41, 5.74) is 4.81. The zero-order valence-corrected chi connectivity index (χ0v) is 17.8. The molecule has 31 heavy (non-hydrogen) atoms. The van der Waals surface area contributed by atoms with Gasteiger partial charge in [0.15, 0.2) is 0 Å². The van der Waals surface area contributed by atoms with E-state index in [4.69, 9.17) is 0 Å². The molecule has 5 rings (SSSR count). The first-order valence-electron chi connectivity index (χ1n) is 10.9. The van der Waals surface area contributed by atoms with Crippen LogP contribution in [0.25, 0.3) is 11.4 Å². The number of fused-ring (bicyclic) bond motifs is 1. The van der Waals surface area contributed by atoms with Crippen LogP contribution in [0.4, 0.5) is 0 Å². The molecule has 2 aromatic heterocycles. The van der Waals surface area contributed by atoms with E-state index in [1.807, 2.05) is 45.8 Å². The van der Waals surface area contributed by atoms with Crippen molar-refractivity contribution in [3.05, 3.63) is 65.5 Å². The molecule has 160 valence electrons. The molecule has 1 N–H and O–H groups in total. The van der Waals surface area contributed by atoms with Gasteiger partial charge in [-0.25, -0.2) is 0 Å². The Morgan fingerprint density at radius 2 is 1.77 bits per heavy atom. The number of rotatable bonds is 3. The second-order valence-electron chi connectivity index (χ2n) is 8.52. The van der Waals surface area contributed by atoms with Gasteiger partial charge in [0.05, 0.1) is 5.69 Å². The maximum Gasteiger partial charge on any atom is 0.271 e. The Morgan fingerprint density at radius 1 is 1.00 bits per heavy atom. The number of H-pyrrole nitrogens is 1. The van der Waals surface area contributed by atoms with Crippen LogP contribution in [-0.4, -0.2) is 56.0 Å². The molecule has 1 fully saturated rings. The van der Waals surface area contributed by atoms with Crippen LogP contribution < -0.4 is 0 Å². The van der Waals surface area contributed by atoms with Gasteiger partial charge in [0.25, 0.3) is 5.91 Å². The van der Waals surface area contributed by atoms with Crippen molar-refractivity contribution >= 4 is 11.8 Å². The normalized spacial score (nSPS) is 16.9. The average Bonchev–Trinajstić information content (AvgIpc) is 3.47. The number of hydrogen-bond donors (Lipinski definition) is 1. The molecule has 0 atom stereocenters. The van der Waals surface area contributed by atoms with Gasteiger partial charge in [-0.2, -0.15) is 5.10 Å². The minimum absolute atomic E-state index is 0.00462. The summed E-state index contributed by atoms with van der Waals surface area (Å²) < 4.78 is 1.97. The summed E-state index contributed by atoms with van der Waals surface area (Å²) in [4.78, 5) is 29.8. The highest BCUT2D eigenvalue weighted by molar-refractivity contribution is 5.93. The highest BCUT2D eigenvalue weighted by Crippen LogP contribution is 2.26. The van der Waals surface area contributed by atoms with E-state index in [2.05, 4.69) is 28.4 Å². The van der Waals surface area contributed by atoms with Crippen molar-refractivity contribution in [3.8, 4) is 11.4 Å². The van der Waals surface area contributed by atoms with Crippen LogP contribution in [0.15, 0.2) is 48.7 Å². The van der Waals surface area contributed by atoms with Crippen LogP contribution in [0.1, 0.15) is 34.5 Å². The van der Waals surface area contributed by atoms with E-state index < -0.39 is 0 Å². The average molecular weight is 418 g/mol. The lowest BCUT2D eigenvalue weighted by atomic mass is 9.93. The molecule has 1 aromatic carbocycles. The summed E-state index contributed by atoms with van der Waals surface area (Å²) in [5.74, 6) is 0.176. The van der Waals surface area contributed by atoms with Crippen molar-refractivity contribution < 1.29 is 9.59 Å². The first-order chi connectivity index (χ1) is 15.1. The van der Waals surface area contributed by atoms with Gasteiger partial charge in [-0.3, -0.25) is 14.7 Å². The first-order valence-corrected chi connectivity index (χ1v) is 10.9. The molecule has 2 aliphatic heterocycles. The summed E-state index contributed by atoms with van der Waals surface area (Å²) >= 11 is 0. The molecule has 0 saturated carbocycles. The summed E-state index contributed by atoms with van der Waals surface area (Å²) in [5, 5.41) is 7.19. The number of nitrogens with one attached hydrogen (secondary N) is 1. The van der Waals surface area contributed by atoms with Gasteiger partial charge in [0.1, 0.15) is 11.4 Å². The molecule has 4 heterocycles. The molecule has 0 spiro atoms. The third-order valence-electron chi connectivity index (χ3n) is 6.59. The largest absolute Gasteiger partial charge is 0.349 e. The Morgan fingerprint density at radius 3 is 2.52 bits per heavy atom. The number of aryl methyl sites for hydroxylation is 1. The van der Waals surface area contributed by atoms with Crippen LogP contribution in [0, 0.1) is 5.92 Å². The molecular formula is C24H27N5O2. The number of aromatic nitrogens is 3. The predicted octanol–water partition coefficient (Wildman–Crippen LogP) is 2.85. The fraction of sp³-hybridized carbons (Fsp3) is 0.375. The van der Waals surface area contributed by atoms with Crippen molar-refractivity contribution in [1.29, 1.82) is 0 Å². The lowest BCUT2D eigenvalue weighted by molar-refractivity contribution is -0.137. The van der Waals surface area contributed by atoms with Crippen LogP contribution in [-0.2, 0) is 24.8 Å². The van der Waals surface area contributed by atoms with Gasteiger partial charge >= 0.3 is 0 Å². The number of carbonyl (C=O) groups excluding carboxylic acids is 2. The van der Waals surface area contributed by atoms with Crippen molar-refractivity contribution in [3.63, 3.8) is 0 Å². The van der Waals surface area contributed by atoms with E-state index in [1.165, 1.54) is 11.1 Å². The molecule has 0 radical (unpaired) electrons. The SMILES string of the molecule is Cn1cccc1-c1cc(C(=O)N2CCC(C(=O)N3CCc4ccccc4C3)CC2)[nH]n1. The molecule has 2 amide bonds. The highest BCUT2D eigenvalue weighted by atomic mass is 16.2. The summed E-state index contributed by atoms with van der Waals surface area (Å²) in [6.45, 7) is 2.67. The smallest absolute Gasteiger partial charge is 0.271 e. The number of aromatic amines is 1. The lowest BCUT2D eigenvalue weighted by Gasteiger charge is -2.36. The summed E-state index contributed by atoms with van der Waals surface area (Å²) in [6, 6.07) is 14.1. The number of carbonyl (C=O) groups is 2. The van der Waals surface area contributed by atoms with E-state index in [9.17, 15) is 9.59 Å². The first kappa shape index (κ1) is 19.6. The van der Waals surface area contributed by atoms with Gasteiger partial charge in [-0.15, -0.1) is 0 Å². The maximum atomic E-state index is 13.1. The standard InChI is InChI=1S/C24H27N5O2/c1-27-11-4-7-22(27)20-15-21(26-25-20)24(31)28-12-9-18(10-13-28)23(30)29-14-8-17-5-2-3-6-19(17)16-29/h2-7,11,15,18H,8-10,12-14,16H2,1H3,(H,25,26). The molecular weight excluding hydrogens is 390 g/mol. The monoisotopic (exact) mass is 417 g/mol. The minimum Gasteiger partial charge on any atom is -0.349 e. The fourth-order valence-corrected chi connectivity index (χ4v) is 4.73. The molecule has 2 aliphatic rings. The third kappa shape index (κ3) is 3.76. The van der Waals surface area contributed by atoms with Crippen LogP contribution >= 0.6 is 0 Å². The van der Waals surface area contributed by atoms with Crippen molar-refractivity contribution in [1.82, 2.24) is 24.6 Å². The Hall–Kier alpha value is -3.35. The quantitative estimate of drug-likeness (QED) is 0.712. The Balaban J connectivity index is 1.19. The number of nitrogens with zero attached hydrogens (tertiary/aromatic N) is 4. The Labute approximate surface area is 181 Å². The second kappa shape index (κ2) is 8.06. The van der Waals surface area contributed by atoms with Crippen LogP contribution in [0.2, 0.25) is 0 Å². The molecule has 0 aliphatic carbocycles. The zero-order valence-electron chi connectivity index (χ0n) is 17.8. The van der Waals surface area contributed by atoms with Crippen LogP contribution in [0.5, 0.6) is 0 Å². The maximum absolute atomic E-state index is 13.1. The van der Waals surface area contributed by atoms with E-state index >= 15 is 0 Å². The third-order valence-corrected chi connectivity index (χ3v) is 6.59. The van der Waals surface area contributed by atoms with Gasteiger partial charge < -0.3 is 14.4 Å². The fourth-order valence-electron chi connectivity index (χ4n) is 4.73. The Kier molecular flexibility index (Phi) is 5.10. The second-order valence-corrected chi connectivity index (χ2v) is 8.52. The van der Waals surface area contributed by atoms with Crippen molar-refractivity contribution in [2.45, 2.75) is 25.8 Å². The van der Waals surface area contributed by atoms with E-state index in [0.29, 0.717) is 38.2 Å².